The Bertz CT molecular complexity index is 460. The van der Waals surface area contributed by atoms with E-state index in [1.54, 1.807) is 0 Å². The van der Waals surface area contributed by atoms with E-state index >= 15 is 0 Å². The Labute approximate surface area is 133 Å². The Hall–Kier alpha value is -1.00. The van der Waals surface area contributed by atoms with Gasteiger partial charge >= 0.3 is 0 Å². The molecule has 1 saturated carbocycles. The van der Waals surface area contributed by atoms with E-state index in [4.69, 9.17) is 9.47 Å². The van der Waals surface area contributed by atoms with Crippen LogP contribution < -0.4 is 14.8 Å². The van der Waals surface area contributed by atoms with Crippen molar-refractivity contribution in [1.82, 2.24) is 10.3 Å². The first-order chi connectivity index (χ1) is 9.74. The second kappa shape index (κ2) is 7.32. The molecule has 2 unspecified atom stereocenters. The van der Waals surface area contributed by atoms with Crippen molar-refractivity contribution in [2.45, 2.75) is 45.8 Å². The number of hydrogen-bond donors (Lipinski definition) is 1. The third-order valence-electron chi connectivity index (χ3n) is 4.44. The van der Waals surface area contributed by atoms with Crippen molar-refractivity contribution in [2.24, 2.45) is 11.8 Å². The number of nitrogens with one attached hydrogen (secondary N) is 1. The van der Waals surface area contributed by atoms with Crippen LogP contribution in [0, 0.1) is 11.8 Å². The first kappa shape index (κ1) is 16.4. The highest BCUT2D eigenvalue weighted by Crippen LogP contribution is 2.32. The van der Waals surface area contributed by atoms with Gasteiger partial charge in [-0.1, -0.05) is 20.3 Å². The standard InChI is InChI=1S/C16H24N2O2.ClH/c1-11-4-3-5-12(2)15(11)20-14-7-6-13-10-17-8-9-19-16(13)18-14;/h6-7,11-12,15,17H,3-5,8-10H2,1-2H3;1H. The molecule has 4 nitrogen and oxygen atoms in total. The molecule has 1 aliphatic carbocycles. The maximum absolute atomic E-state index is 6.18. The Morgan fingerprint density at radius 1 is 1.24 bits per heavy atom. The highest BCUT2D eigenvalue weighted by Gasteiger charge is 2.30. The fourth-order valence-electron chi connectivity index (χ4n) is 3.24. The van der Waals surface area contributed by atoms with Crippen molar-refractivity contribution in [3.05, 3.63) is 17.7 Å². The van der Waals surface area contributed by atoms with Crippen LogP contribution in [-0.2, 0) is 6.54 Å². The van der Waals surface area contributed by atoms with Crippen LogP contribution in [-0.4, -0.2) is 24.2 Å². The maximum Gasteiger partial charge on any atom is 0.221 e. The smallest absolute Gasteiger partial charge is 0.221 e. The lowest BCUT2D eigenvalue weighted by atomic mass is 9.80. The van der Waals surface area contributed by atoms with Crippen molar-refractivity contribution in [1.29, 1.82) is 0 Å². The molecule has 1 aliphatic heterocycles. The van der Waals surface area contributed by atoms with Gasteiger partial charge in [0.25, 0.3) is 0 Å². The molecule has 21 heavy (non-hydrogen) atoms. The fraction of sp³-hybridized carbons (Fsp3) is 0.688. The van der Waals surface area contributed by atoms with Crippen molar-refractivity contribution in [3.8, 4) is 11.8 Å². The van der Waals surface area contributed by atoms with Crippen LogP contribution in [0.5, 0.6) is 11.8 Å². The summed E-state index contributed by atoms with van der Waals surface area (Å²) in [4.78, 5) is 4.55. The molecule has 118 valence electrons. The molecule has 2 atom stereocenters. The highest BCUT2D eigenvalue weighted by molar-refractivity contribution is 5.85. The fourth-order valence-corrected chi connectivity index (χ4v) is 3.24. The van der Waals surface area contributed by atoms with E-state index in [2.05, 4.69) is 30.2 Å². The number of halogens is 1. The van der Waals surface area contributed by atoms with Crippen molar-refractivity contribution in [3.63, 3.8) is 0 Å². The van der Waals surface area contributed by atoms with Crippen molar-refractivity contribution >= 4 is 12.4 Å². The lowest BCUT2D eigenvalue weighted by Gasteiger charge is -2.34. The molecule has 0 bridgehead atoms. The SMILES string of the molecule is CC1CCCC(C)C1Oc1ccc2c(n1)OCCNC2.Cl. The zero-order valence-corrected chi connectivity index (χ0v) is 13.6. The van der Waals surface area contributed by atoms with Crippen LogP contribution >= 0.6 is 12.4 Å². The summed E-state index contributed by atoms with van der Waals surface area (Å²) >= 11 is 0. The maximum atomic E-state index is 6.18. The number of nitrogens with zero attached hydrogens (tertiary/aromatic N) is 1. The lowest BCUT2D eigenvalue weighted by Crippen LogP contribution is -2.35. The van der Waals surface area contributed by atoms with Gasteiger partial charge in [-0.3, -0.25) is 0 Å². The molecule has 1 aromatic rings. The number of rotatable bonds is 2. The second-order valence-corrected chi connectivity index (χ2v) is 6.11. The van der Waals surface area contributed by atoms with Gasteiger partial charge in [0.1, 0.15) is 12.7 Å². The van der Waals surface area contributed by atoms with Gasteiger partial charge in [0.2, 0.25) is 11.8 Å². The average molecular weight is 313 g/mol. The normalized spacial score (nSPS) is 28.6. The Balaban J connectivity index is 0.00000161. The zero-order chi connectivity index (χ0) is 13.9. The van der Waals surface area contributed by atoms with Gasteiger partial charge in [-0.05, 0) is 30.7 Å². The zero-order valence-electron chi connectivity index (χ0n) is 12.8. The molecule has 1 N–H and O–H groups in total. The van der Waals surface area contributed by atoms with E-state index < -0.39 is 0 Å². The quantitative estimate of drug-likeness (QED) is 0.911. The van der Waals surface area contributed by atoms with Crippen LogP contribution in [0.4, 0.5) is 0 Å². The van der Waals surface area contributed by atoms with Gasteiger partial charge in [-0.15, -0.1) is 12.4 Å². The largest absolute Gasteiger partial charge is 0.476 e. The van der Waals surface area contributed by atoms with E-state index in [1.807, 2.05) is 6.07 Å². The molecule has 3 rings (SSSR count). The predicted molar refractivity (Wildman–Crippen MR) is 85.3 cm³/mol. The van der Waals surface area contributed by atoms with E-state index in [0.29, 0.717) is 24.3 Å². The minimum atomic E-state index is 0. The van der Waals surface area contributed by atoms with Gasteiger partial charge in [-0.25, -0.2) is 0 Å². The first-order valence-electron chi connectivity index (χ1n) is 7.74. The van der Waals surface area contributed by atoms with Gasteiger partial charge in [0.15, 0.2) is 0 Å². The summed E-state index contributed by atoms with van der Waals surface area (Å²) < 4.78 is 11.9. The number of pyridine rings is 1. The molecule has 5 heteroatoms. The highest BCUT2D eigenvalue weighted by atomic mass is 35.5. The summed E-state index contributed by atoms with van der Waals surface area (Å²) in [6.07, 6.45) is 4.09. The van der Waals surface area contributed by atoms with Gasteiger partial charge < -0.3 is 14.8 Å². The first-order valence-corrected chi connectivity index (χ1v) is 7.74. The lowest BCUT2D eigenvalue weighted by molar-refractivity contribution is 0.0507. The van der Waals surface area contributed by atoms with Crippen LogP contribution in [0.2, 0.25) is 0 Å². The topological polar surface area (TPSA) is 43.4 Å². The predicted octanol–water partition coefficient (Wildman–Crippen LogP) is 3.19. The van der Waals surface area contributed by atoms with Crippen LogP contribution in [0.1, 0.15) is 38.7 Å². The van der Waals surface area contributed by atoms with Gasteiger partial charge in [0, 0.05) is 24.7 Å². The number of aromatic nitrogens is 1. The molecule has 0 spiro atoms. The second-order valence-electron chi connectivity index (χ2n) is 6.11. The minimum Gasteiger partial charge on any atom is -0.476 e. The van der Waals surface area contributed by atoms with E-state index in [-0.39, 0.29) is 18.5 Å². The molecule has 1 aromatic heterocycles. The average Bonchev–Trinajstić information content (AvgIpc) is 2.68. The molecule has 0 radical (unpaired) electrons. The van der Waals surface area contributed by atoms with E-state index in [9.17, 15) is 0 Å². The summed E-state index contributed by atoms with van der Waals surface area (Å²) in [5.41, 5.74) is 1.11. The van der Waals surface area contributed by atoms with Crippen LogP contribution in [0.25, 0.3) is 0 Å². The van der Waals surface area contributed by atoms with Gasteiger partial charge in [0.05, 0.1) is 0 Å². The Morgan fingerprint density at radius 3 is 2.76 bits per heavy atom. The van der Waals surface area contributed by atoms with Crippen LogP contribution in [0.3, 0.4) is 0 Å². The molecular weight excluding hydrogens is 288 g/mol. The van der Waals surface area contributed by atoms with Crippen molar-refractivity contribution in [2.75, 3.05) is 13.2 Å². The summed E-state index contributed by atoms with van der Waals surface area (Å²) in [7, 11) is 0. The molecule has 0 amide bonds. The summed E-state index contributed by atoms with van der Waals surface area (Å²) in [6.45, 7) is 6.91. The third kappa shape index (κ3) is 3.80. The molecular formula is C16H25ClN2O2. The molecule has 0 saturated heterocycles. The summed E-state index contributed by atoms with van der Waals surface area (Å²) in [5.74, 6) is 2.63. The minimum absolute atomic E-state index is 0. The van der Waals surface area contributed by atoms with E-state index in [1.165, 1.54) is 19.3 Å². The van der Waals surface area contributed by atoms with E-state index in [0.717, 1.165) is 24.5 Å². The molecule has 2 heterocycles. The summed E-state index contributed by atoms with van der Waals surface area (Å²) in [5, 5.41) is 3.31. The number of ether oxygens (including phenoxy) is 2. The number of fused-ring (bicyclic) bond motifs is 1. The molecule has 0 aromatic carbocycles. The van der Waals surface area contributed by atoms with Crippen LogP contribution in [0.15, 0.2) is 12.1 Å². The monoisotopic (exact) mass is 312 g/mol. The Kier molecular flexibility index (Phi) is 5.71. The molecule has 2 aliphatic rings. The number of hydrogen-bond acceptors (Lipinski definition) is 4. The van der Waals surface area contributed by atoms with Crippen molar-refractivity contribution < 1.29 is 9.47 Å². The molecule has 1 fully saturated rings. The third-order valence-corrected chi connectivity index (χ3v) is 4.44. The summed E-state index contributed by atoms with van der Waals surface area (Å²) in [6, 6.07) is 4.04. The Morgan fingerprint density at radius 2 is 2.00 bits per heavy atom. The van der Waals surface area contributed by atoms with Gasteiger partial charge in [-0.2, -0.15) is 4.98 Å².